The Bertz CT molecular complexity index is 1520. The van der Waals surface area contributed by atoms with E-state index >= 15 is 0 Å². The van der Waals surface area contributed by atoms with Gasteiger partial charge in [0.2, 0.25) is 11.7 Å². The number of aryl methyl sites for hydroxylation is 1. The fraction of sp³-hybridized carbons (Fsp3) is 0.400. The standard InChI is InChI=1S/C30H36N6O10.Na/c1-17(37)33-24-22(38)14-30(29(43)44,46-26(24)25(40)23(39)15-32-28(42)27(31)41)45-13-5-12-36-16-21(34-35-36)20-10-8-19(9-11-20)18-6-3-2-4-7-18;/h2-4,6-11,16,22-26,38-40H,5,12-15H2,1H3,(H2,31,41)(H,32,42)(H,33,37)(H,43,44);/q;+1/p-1/t22-,23+,24+,25+,26+,30+;/m0./s1. The largest absolute Gasteiger partial charge is 1.00 e. The van der Waals surface area contributed by atoms with Crippen LogP contribution in [0.3, 0.4) is 0 Å². The van der Waals surface area contributed by atoms with Crippen molar-refractivity contribution < 1.29 is 78.6 Å². The van der Waals surface area contributed by atoms with Gasteiger partial charge in [0.1, 0.15) is 23.9 Å². The van der Waals surface area contributed by atoms with Crippen molar-refractivity contribution in [1.82, 2.24) is 25.6 Å². The van der Waals surface area contributed by atoms with Crippen LogP contribution in [0.1, 0.15) is 19.8 Å². The van der Waals surface area contributed by atoms with Gasteiger partial charge >= 0.3 is 41.4 Å². The molecule has 1 saturated heterocycles. The van der Waals surface area contributed by atoms with Gasteiger partial charge in [0.05, 0.1) is 31.1 Å². The number of benzene rings is 2. The summed E-state index contributed by atoms with van der Waals surface area (Å²) in [5, 5.41) is 57.0. The average Bonchev–Trinajstić information content (AvgIpc) is 3.51. The molecule has 0 unspecified atom stereocenters. The summed E-state index contributed by atoms with van der Waals surface area (Å²) >= 11 is 0. The number of carbonyl (C=O) groups is 4. The first kappa shape index (κ1) is 37.7. The third kappa shape index (κ3) is 9.65. The molecule has 1 aromatic heterocycles. The molecule has 6 atom stereocenters. The molecule has 1 aliphatic heterocycles. The summed E-state index contributed by atoms with van der Waals surface area (Å²) in [7, 11) is 0. The minimum Gasteiger partial charge on any atom is -0.544 e. The predicted molar refractivity (Wildman–Crippen MR) is 157 cm³/mol. The van der Waals surface area contributed by atoms with Crippen molar-refractivity contribution in [3.8, 4) is 22.4 Å². The summed E-state index contributed by atoms with van der Waals surface area (Å²) < 4.78 is 12.7. The minimum atomic E-state index is -2.58. The number of nitrogens with zero attached hydrogens (tertiary/aromatic N) is 3. The van der Waals surface area contributed by atoms with Gasteiger partial charge in [0, 0.05) is 32.0 Å². The number of aliphatic carboxylic acids is 1. The Morgan fingerprint density at radius 2 is 1.74 bits per heavy atom. The number of carbonyl (C=O) groups excluding carboxylic acids is 4. The van der Waals surface area contributed by atoms with E-state index in [1.807, 2.05) is 59.9 Å². The first-order chi connectivity index (χ1) is 21.9. The van der Waals surface area contributed by atoms with E-state index in [2.05, 4.69) is 15.6 Å². The molecular weight excluding hydrogens is 627 g/mol. The molecule has 0 aliphatic carbocycles. The Hall–Kier alpha value is -3.74. The molecule has 47 heavy (non-hydrogen) atoms. The molecule has 0 saturated carbocycles. The SMILES string of the molecule is CC(=O)N[C@H]1[C@H]([C@H](O)[C@H](O)CNC(=O)C(N)=O)O[C@@](OCCCn2cc(-c3ccc(-c4ccccc4)cc3)nn2)(C(=O)[O-])C[C@@H]1O.[Na+]. The quantitative estimate of drug-likeness (QED) is 0.0570. The fourth-order valence-electron chi connectivity index (χ4n) is 5.03. The summed E-state index contributed by atoms with van der Waals surface area (Å²) in [5.41, 5.74) is 8.45. The second kappa shape index (κ2) is 16.9. The topological polar surface area (TPSA) is 251 Å². The molecule has 2 aromatic carbocycles. The van der Waals surface area contributed by atoms with E-state index in [0.29, 0.717) is 5.69 Å². The normalized spacial score (nSPS) is 21.9. The predicted octanol–water partition coefficient (Wildman–Crippen LogP) is -5.55. The van der Waals surface area contributed by atoms with Crippen LogP contribution in [-0.4, -0.2) is 103 Å². The number of primary amides is 1. The van der Waals surface area contributed by atoms with Gasteiger partial charge in [0.25, 0.3) is 0 Å². The molecular formula is C30H35N6NaO10. The molecule has 16 nitrogen and oxygen atoms in total. The van der Waals surface area contributed by atoms with Gasteiger partial charge in [-0.2, -0.15) is 0 Å². The van der Waals surface area contributed by atoms with Gasteiger partial charge in [-0.15, -0.1) is 5.10 Å². The number of rotatable bonds is 13. The summed E-state index contributed by atoms with van der Waals surface area (Å²) in [4.78, 5) is 46.5. The molecule has 246 valence electrons. The molecule has 3 amide bonds. The minimum absolute atomic E-state index is 0. The number of aliphatic hydroxyl groups excluding tert-OH is 3. The van der Waals surface area contributed by atoms with E-state index in [0.717, 1.165) is 23.6 Å². The Balaban J connectivity index is 0.00000600. The number of aliphatic hydroxyl groups is 3. The van der Waals surface area contributed by atoms with E-state index in [1.54, 1.807) is 10.9 Å². The van der Waals surface area contributed by atoms with Crippen molar-refractivity contribution in [3.63, 3.8) is 0 Å². The number of nitrogens with two attached hydrogens (primary N) is 1. The maximum absolute atomic E-state index is 12.3. The van der Waals surface area contributed by atoms with Crippen molar-refractivity contribution in [2.24, 2.45) is 5.73 Å². The van der Waals surface area contributed by atoms with Crippen LogP contribution in [-0.2, 0) is 35.2 Å². The molecule has 1 aliphatic rings. The smallest absolute Gasteiger partial charge is 0.544 e. The third-order valence-corrected chi connectivity index (χ3v) is 7.37. The Labute approximate surface area is 291 Å². The summed E-state index contributed by atoms with van der Waals surface area (Å²) in [5.74, 6) is -7.69. The van der Waals surface area contributed by atoms with Crippen molar-refractivity contribution in [1.29, 1.82) is 0 Å². The number of aromatic nitrogens is 3. The number of carboxylic acid groups (broad SMARTS) is 1. The molecule has 0 radical (unpaired) electrons. The first-order valence-corrected chi connectivity index (χ1v) is 14.4. The molecule has 4 rings (SSSR count). The van der Waals surface area contributed by atoms with Crippen molar-refractivity contribution in [2.45, 2.75) is 62.6 Å². The zero-order valence-corrected chi connectivity index (χ0v) is 27.8. The summed E-state index contributed by atoms with van der Waals surface area (Å²) in [6.45, 7) is 0.458. The second-order valence-electron chi connectivity index (χ2n) is 10.8. The number of carboxylic acids is 1. The van der Waals surface area contributed by atoms with E-state index < -0.39 is 72.9 Å². The maximum Gasteiger partial charge on any atom is 1.00 e. The van der Waals surface area contributed by atoms with Crippen LogP contribution in [0.5, 0.6) is 0 Å². The van der Waals surface area contributed by atoms with Crippen molar-refractivity contribution >= 4 is 23.7 Å². The van der Waals surface area contributed by atoms with Crippen LogP contribution >= 0.6 is 0 Å². The summed E-state index contributed by atoms with van der Waals surface area (Å²) in [6, 6.07) is 16.3. The number of nitrogens with one attached hydrogen (secondary N) is 2. The van der Waals surface area contributed by atoms with Crippen molar-refractivity contribution in [2.75, 3.05) is 13.2 Å². The monoisotopic (exact) mass is 662 g/mol. The third-order valence-electron chi connectivity index (χ3n) is 7.37. The maximum atomic E-state index is 12.3. The van der Waals surface area contributed by atoms with E-state index in [4.69, 9.17) is 15.2 Å². The van der Waals surface area contributed by atoms with Crippen LogP contribution in [0.25, 0.3) is 22.4 Å². The number of amides is 3. The molecule has 0 spiro atoms. The second-order valence-corrected chi connectivity index (χ2v) is 10.8. The van der Waals surface area contributed by atoms with Crippen LogP contribution < -0.4 is 51.0 Å². The molecule has 17 heteroatoms. The zero-order valence-electron chi connectivity index (χ0n) is 25.8. The Morgan fingerprint density at radius 3 is 2.36 bits per heavy atom. The average molecular weight is 663 g/mol. The van der Waals surface area contributed by atoms with E-state index in [-0.39, 0.29) is 49.1 Å². The van der Waals surface area contributed by atoms with Gasteiger partial charge in [-0.25, -0.2) is 0 Å². The van der Waals surface area contributed by atoms with Gasteiger partial charge in [-0.05, 0) is 17.5 Å². The molecule has 7 N–H and O–H groups in total. The van der Waals surface area contributed by atoms with Crippen LogP contribution in [0.2, 0.25) is 0 Å². The first-order valence-electron chi connectivity index (χ1n) is 14.4. The number of hydrogen-bond acceptors (Lipinski definition) is 12. The van der Waals surface area contributed by atoms with Crippen LogP contribution in [0, 0.1) is 0 Å². The van der Waals surface area contributed by atoms with E-state index in [9.17, 15) is 39.6 Å². The zero-order chi connectivity index (χ0) is 33.4. The summed E-state index contributed by atoms with van der Waals surface area (Å²) in [6.07, 6.45) is -5.97. The van der Waals surface area contributed by atoms with Gasteiger partial charge < -0.3 is 51.1 Å². The van der Waals surface area contributed by atoms with Gasteiger partial charge in [0.15, 0.2) is 0 Å². The molecule has 1 fully saturated rings. The van der Waals surface area contributed by atoms with Gasteiger partial charge in [-0.1, -0.05) is 59.8 Å². The number of ether oxygens (including phenoxy) is 2. The van der Waals surface area contributed by atoms with E-state index in [1.165, 1.54) is 0 Å². The molecule has 2 heterocycles. The van der Waals surface area contributed by atoms with Gasteiger partial charge in [-0.3, -0.25) is 19.1 Å². The molecule has 0 bridgehead atoms. The number of hydrogen-bond donors (Lipinski definition) is 6. The van der Waals surface area contributed by atoms with Crippen LogP contribution in [0.4, 0.5) is 0 Å². The van der Waals surface area contributed by atoms with Crippen molar-refractivity contribution in [3.05, 3.63) is 60.8 Å². The Kier molecular flexibility index (Phi) is 13.6. The Morgan fingerprint density at radius 1 is 1.11 bits per heavy atom. The fourth-order valence-corrected chi connectivity index (χ4v) is 5.03. The van der Waals surface area contributed by atoms with Crippen LogP contribution in [0.15, 0.2) is 60.8 Å². The molecule has 3 aromatic rings.